The third kappa shape index (κ3) is 9.10. The number of nitrogens with zero attached hydrogens (tertiary/aromatic N) is 2. The topological polar surface area (TPSA) is 6.48 Å². The molecule has 2 nitrogen and oxygen atoms in total. The van der Waals surface area contributed by atoms with E-state index >= 15 is 0 Å². The van der Waals surface area contributed by atoms with Crippen LogP contribution in [0.15, 0.2) is 194 Å². The average molecular weight is 833 g/mol. The zero-order valence-corrected chi connectivity index (χ0v) is 38.8. The maximum Gasteiger partial charge on any atom is 0.0468 e. The van der Waals surface area contributed by atoms with Crippen molar-refractivity contribution in [1.82, 2.24) is 0 Å². The number of anilines is 6. The van der Waals surface area contributed by atoms with Crippen molar-refractivity contribution in [3.63, 3.8) is 0 Å². The quantitative estimate of drug-likeness (QED) is 0.127. The molecule has 2 heteroatoms. The molecular weight excluding hydrogens is 773 g/mol. The van der Waals surface area contributed by atoms with Crippen molar-refractivity contribution in [1.29, 1.82) is 0 Å². The molecular formula is C62H60N2. The van der Waals surface area contributed by atoms with Gasteiger partial charge in [-0.05, 0) is 176 Å². The molecule has 0 saturated carbocycles. The minimum Gasteiger partial charge on any atom is -0.310 e. The molecule has 0 aliphatic carbocycles. The third-order valence-electron chi connectivity index (χ3n) is 12.0. The predicted octanol–water partition coefficient (Wildman–Crippen LogP) is 18.1. The zero-order chi connectivity index (χ0) is 44.6. The van der Waals surface area contributed by atoms with E-state index in [4.69, 9.17) is 0 Å². The molecule has 0 aliphatic rings. The van der Waals surface area contributed by atoms with Gasteiger partial charge in [0.25, 0.3) is 0 Å². The van der Waals surface area contributed by atoms with Crippen LogP contribution in [0.1, 0.15) is 63.8 Å². The van der Waals surface area contributed by atoms with E-state index < -0.39 is 0 Å². The smallest absolute Gasteiger partial charge is 0.0468 e. The van der Waals surface area contributed by atoms with Gasteiger partial charge in [-0.15, -0.1) is 0 Å². The second kappa shape index (κ2) is 17.3. The number of para-hydroxylation sites is 2. The lowest BCUT2D eigenvalue weighted by molar-refractivity contribution is 0.411. The van der Waals surface area contributed by atoms with E-state index in [0.717, 1.165) is 35.6 Å². The molecule has 318 valence electrons. The zero-order valence-electron chi connectivity index (χ0n) is 38.8. The van der Waals surface area contributed by atoms with Crippen molar-refractivity contribution in [3.05, 3.63) is 216 Å². The van der Waals surface area contributed by atoms with Gasteiger partial charge in [-0.2, -0.15) is 0 Å². The fourth-order valence-electron chi connectivity index (χ4n) is 9.73. The standard InChI is InChI=1S/C62H60N2/c1-43-33-45(41-61(3,4)5)37-53(35-43)63(49-25-17-11-18-26-49)51-29-31-55-57(39-51)59(47-21-13-9-14-22-47)56-32-30-52(40-58(56)60(55)48-23-15-10-16-24-48)64(50-27-19-12-20-28-50)54-36-44(2)34-46(38-54)42-62(6,7)8/h9-40H,41-42H2,1-8H3. The Morgan fingerprint density at radius 1 is 0.312 bits per heavy atom. The van der Waals surface area contributed by atoms with Crippen molar-refractivity contribution in [2.24, 2.45) is 10.8 Å². The molecule has 9 aromatic rings. The van der Waals surface area contributed by atoms with Crippen molar-refractivity contribution in [2.75, 3.05) is 9.80 Å². The second-order valence-electron chi connectivity index (χ2n) is 20.1. The molecule has 0 N–H and O–H groups in total. The van der Waals surface area contributed by atoms with Crippen LogP contribution < -0.4 is 9.80 Å². The largest absolute Gasteiger partial charge is 0.310 e. The molecule has 0 aromatic heterocycles. The molecule has 0 radical (unpaired) electrons. The normalized spacial score (nSPS) is 11.9. The average Bonchev–Trinajstić information content (AvgIpc) is 3.25. The highest BCUT2D eigenvalue weighted by atomic mass is 15.1. The Bertz CT molecular complexity index is 2850. The second-order valence-corrected chi connectivity index (χ2v) is 20.1. The summed E-state index contributed by atoms with van der Waals surface area (Å²) in [5.74, 6) is 0. The molecule has 9 rings (SSSR count). The van der Waals surface area contributed by atoms with Gasteiger partial charge in [0.05, 0.1) is 0 Å². The van der Waals surface area contributed by atoms with Crippen LogP contribution in [-0.4, -0.2) is 0 Å². The minimum atomic E-state index is 0.165. The van der Waals surface area contributed by atoms with Crippen LogP contribution in [-0.2, 0) is 12.8 Å². The Morgan fingerprint density at radius 2 is 0.656 bits per heavy atom. The van der Waals surface area contributed by atoms with Gasteiger partial charge in [0.15, 0.2) is 0 Å². The number of hydrogen-bond donors (Lipinski definition) is 0. The lowest BCUT2D eigenvalue weighted by Crippen LogP contribution is -2.13. The number of benzene rings is 9. The van der Waals surface area contributed by atoms with Gasteiger partial charge in [-0.25, -0.2) is 0 Å². The molecule has 0 unspecified atom stereocenters. The van der Waals surface area contributed by atoms with Crippen molar-refractivity contribution >= 4 is 55.7 Å². The number of aryl methyl sites for hydroxylation is 2. The summed E-state index contributed by atoms with van der Waals surface area (Å²) >= 11 is 0. The van der Waals surface area contributed by atoms with Crippen molar-refractivity contribution in [2.45, 2.75) is 68.2 Å². The van der Waals surface area contributed by atoms with Crippen LogP contribution in [0.4, 0.5) is 34.1 Å². The molecule has 64 heavy (non-hydrogen) atoms. The van der Waals surface area contributed by atoms with E-state index in [1.165, 1.54) is 77.4 Å². The van der Waals surface area contributed by atoms with Crippen LogP contribution in [0.5, 0.6) is 0 Å². The monoisotopic (exact) mass is 832 g/mol. The minimum absolute atomic E-state index is 0.165. The van der Waals surface area contributed by atoms with Gasteiger partial charge in [0.2, 0.25) is 0 Å². The Morgan fingerprint density at radius 3 is 1.00 bits per heavy atom. The van der Waals surface area contributed by atoms with E-state index in [1.807, 2.05) is 0 Å². The van der Waals surface area contributed by atoms with Crippen LogP contribution in [0.2, 0.25) is 0 Å². The van der Waals surface area contributed by atoms with Crippen LogP contribution >= 0.6 is 0 Å². The van der Waals surface area contributed by atoms with E-state index in [2.05, 4.69) is 259 Å². The third-order valence-corrected chi connectivity index (χ3v) is 12.0. The van der Waals surface area contributed by atoms with Gasteiger partial charge in [-0.3, -0.25) is 0 Å². The van der Waals surface area contributed by atoms with Crippen LogP contribution in [0, 0.1) is 24.7 Å². The Hall–Kier alpha value is -6.90. The fraction of sp³-hybridized carbons (Fsp3) is 0.194. The molecule has 0 heterocycles. The summed E-state index contributed by atoms with van der Waals surface area (Å²) in [6, 6.07) is 72.1. The van der Waals surface area contributed by atoms with E-state index in [0.29, 0.717) is 0 Å². The van der Waals surface area contributed by atoms with Gasteiger partial charge >= 0.3 is 0 Å². The first-order valence-electron chi connectivity index (χ1n) is 22.8. The van der Waals surface area contributed by atoms with Gasteiger partial charge in [-0.1, -0.05) is 163 Å². The summed E-state index contributed by atoms with van der Waals surface area (Å²) in [6.45, 7) is 18.4. The van der Waals surface area contributed by atoms with Crippen molar-refractivity contribution < 1.29 is 0 Å². The van der Waals surface area contributed by atoms with Crippen LogP contribution in [0.25, 0.3) is 43.8 Å². The Balaban J connectivity index is 1.34. The van der Waals surface area contributed by atoms with Gasteiger partial charge in [0.1, 0.15) is 0 Å². The van der Waals surface area contributed by atoms with E-state index in [-0.39, 0.29) is 10.8 Å². The predicted molar refractivity (Wildman–Crippen MR) is 277 cm³/mol. The molecule has 0 bridgehead atoms. The highest BCUT2D eigenvalue weighted by Gasteiger charge is 2.23. The molecule has 0 amide bonds. The Kier molecular flexibility index (Phi) is 11.5. The number of fused-ring (bicyclic) bond motifs is 2. The van der Waals surface area contributed by atoms with E-state index in [9.17, 15) is 0 Å². The molecule has 0 aliphatic heterocycles. The highest BCUT2D eigenvalue weighted by molar-refractivity contribution is 6.22. The number of rotatable bonds is 10. The fourth-order valence-corrected chi connectivity index (χ4v) is 9.73. The summed E-state index contributed by atoms with van der Waals surface area (Å²) in [5, 5.41) is 4.88. The summed E-state index contributed by atoms with van der Waals surface area (Å²) in [4.78, 5) is 4.88. The molecule has 0 fully saturated rings. The summed E-state index contributed by atoms with van der Waals surface area (Å²) in [6.07, 6.45) is 2.00. The lowest BCUT2D eigenvalue weighted by atomic mass is 9.85. The molecule has 0 saturated heterocycles. The maximum absolute atomic E-state index is 2.44. The van der Waals surface area contributed by atoms with Crippen molar-refractivity contribution in [3.8, 4) is 22.3 Å². The van der Waals surface area contributed by atoms with Crippen LogP contribution in [0.3, 0.4) is 0 Å². The first-order valence-corrected chi connectivity index (χ1v) is 22.8. The first-order chi connectivity index (χ1) is 30.8. The molecule has 0 spiro atoms. The van der Waals surface area contributed by atoms with Gasteiger partial charge in [0, 0.05) is 34.1 Å². The first kappa shape index (κ1) is 42.4. The Labute approximate surface area is 381 Å². The lowest BCUT2D eigenvalue weighted by Gasteiger charge is -2.29. The maximum atomic E-state index is 2.44. The summed E-state index contributed by atoms with van der Waals surface area (Å²) in [7, 11) is 0. The SMILES string of the molecule is Cc1cc(CC(C)(C)C)cc(N(c2ccccc2)c2ccc3c(-c4ccccc4)c4cc(N(c5ccccc5)c5cc(C)cc(CC(C)(C)C)c5)ccc4c(-c4ccccc4)c3c2)c1. The van der Waals surface area contributed by atoms with E-state index in [1.54, 1.807) is 0 Å². The summed E-state index contributed by atoms with van der Waals surface area (Å²) in [5.41, 5.74) is 17.3. The molecule has 0 atom stereocenters. The summed E-state index contributed by atoms with van der Waals surface area (Å²) < 4.78 is 0. The molecule has 9 aromatic carbocycles. The highest BCUT2D eigenvalue weighted by Crippen LogP contribution is 2.48. The number of hydrogen-bond acceptors (Lipinski definition) is 2. The van der Waals surface area contributed by atoms with Gasteiger partial charge < -0.3 is 9.80 Å².